The molecule has 0 unspecified atom stereocenters. The lowest BCUT2D eigenvalue weighted by atomic mass is 9.87. The van der Waals surface area contributed by atoms with Gasteiger partial charge in [-0.05, 0) is 44.1 Å². The zero-order valence-electron chi connectivity index (χ0n) is 16.4. The van der Waals surface area contributed by atoms with Gasteiger partial charge in [-0.1, -0.05) is 0 Å². The average Bonchev–Trinajstić information content (AvgIpc) is 3.26. The summed E-state index contributed by atoms with van der Waals surface area (Å²) in [6, 6.07) is 5.51. The minimum Gasteiger partial charge on any atom is -0.493 e. The Morgan fingerprint density at radius 3 is 2.46 bits per heavy atom. The second kappa shape index (κ2) is 9.66. The molecule has 3 rings (SSSR count). The first-order chi connectivity index (χ1) is 13.2. The number of amides is 1. The van der Waals surface area contributed by atoms with Crippen molar-refractivity contribution in [2.75, 3.05) is 34.4 Å². The molecule has 2 N–H and O–H groups in total. The lowest BCUT2D eigenvalue weighted by molar-refractivity contribution is -0.132. The molecule has 1 saturated heterocycles. The number of aromatic nitrogens is 2. The molecule has 0 bridgehead atoms. The maximum absolute atomic E-state index is 13.2. The lowest BCUT2D eigenvalue weighted by Crippen LogP contribution is -2.54. The van der Waals surface area contributed by atoms with Gasteiger partial charge in [0.15, 0.2) is 11.5 Å². The van der Waals surface area contributed by atoms with Crippen molar-refractivity contribution in [3.8, 4) is 17.2 Å². The van der Waals surface area contributed by atoms with Crippen molar-refractivity contribution in [3.05, 3.63) is 36.2 Å². The number of carbonyl (C=O) groups is 1. The standard InChI is InChI=1S/C19H26N4O4.ClH/c1-25-15-6-5-14(16(26-2)17(15)27-3)13-21-18(24)19(7-10-20-11-8-19)23-12-4-9-22-23;/h4-6,9,12,20H,7-8,10-11,13H2,1-3H3,(H,21,24);1H. The second-order valence-electron chi connectivity index (χ2n) is 6.41. The van der Waals surface area contributed by atoms with Crippen LogP contribution in [0, 0.1) is 0 Å². The predicted octanol–water partition coefficient (Wildman–Crippen LogP) is 1.73. The SMILES string of the molecule is COc1ccc(CNC(=O)C2(n3cccn3)CCNCC2)c(OC)c1OC.Cl. The zero-order chi connectivity index (χ0) is 19.3. The van der Waals surface area contributed by atoms with E-state index in [1.807, 2.05) is 18.3 Å². The van der Waals surface area contributed by atoms with Gasteiger partial charge in [-0.3, -0.25) is 9.48 Å². The molecule has 8 nitrogen and oxygen atoms in total. The first-order valence-corrected chi connectivity index (χ1v) is 8.93. The monoisotopic (exact) mass is 410 g/mol. The number of halogens is 1. The average molecular weight is 411 g/mol. The summed E-state index contributed by atoms with van der Waals surface area (Å²) in [6.45, 7) is 1.86. The number of piperidine rings is 1. The van der Waals surface area contributed by atoms with E-state index in [0.717, 1.165) is 18.7 Å². The summed E-state index contributed by atoms with van der Waals surface area (Å²) >= 11 is 0. The number of hydrogen-bond donors (Lipinski definition) is 2. The Morgan fingerprint density at radius 2 is 1.89 bits per heavy atom. The molecule has 1 aliphatic heterocycles. The molecule has 1 amide bonds. The fourth-order valence-corrected chi connectivity index (χ4v) is 3.57. The van der Waals surface area contributed by atoms with E-state index < -0.39 is 5.54 Å². The molecule has 154 valence electrons. The summed E-state index contributed by atoms with van der Waals surface area (Å²) in [5.41, 5.74) is 0.131. The maximum Gasteiger partial charge on any atom is 0.248 e. The summed E-state index contributed by atoms with van der Waals surface area (Å²) in [7, 11) is 4.70. The molecule has 28 heavy (non-hydrogen) atoms. The van der Waals surface area contributed by atoms with Crippen molar-refractivity contribution in [2.24, 2.45) is 0 Å². The Labute approximate surface area is 170 Å². The highest BCUT2D eigenvalue weighted by atomic mass is 35.5. The van der Waals surface area contributed by atoms with E-state index in [9.17, 15) is 4.79 Å². The molecule has 0 spiro atoms. The highest BCUT2D eigenvalue weighted by Crippen LogP contribution is 2.39. The van der Waals surface area contributed by atoms with Crippen LogP contribution in [0.25, 0.3) is 0 Å². The summed E-state index contributed by atoms with van der Waals surface area (Å²) in [4.78, 5) is 13.2. The van der Waals surface area contributed by atoms with Gasteiger partial charge < -0.3 is 24.8 Å². The minimum atomic E-state index is -0.682. The normalized spacial score (nSPS) is 15.2. The Bertz CT molecular complexity index is 776. The Balaban J connectivity index is 0.00000280. The van der Waals surface area contributed by atoms with Crippen LogP contribution in [0.2, 0.25) is 0 Å². The fraction of sp³-hybridized carbons (Fsp3) is 0.474. The topological polar surface area (TPSA) is 86.6 Å². The summed E-state index contributed by atoms with van der Waals surface area (Å²) in [5.74, 6) is 1.59. The van der Waals surface area contributed by atoms with Gasteiger partial charge in [-0.2, -0.15) is 5.10 Å². The molecule has 1 aliphatic rings. The molecule has 2 aromatic rings. The van der Waals surface area contributed by atoms with Crippen LogP contribution in [0.5, 0.6) is 17.2 Å². The fourth-order valence-electron chi connectivity index (χ4n) is 3.57. The van der Waals surface area contributed by atoms with E-state index in [2.05, 4.69) is 15.7 Å². The van der Waals surface area contributed by atoms with Crippen molar-refractivity contribution in [2.45, 2.75) is 24.9 Å². The van der Waals surface area contributed by atoms with Gasteiger partial charge in [0.1, 0.15) is 5.54 Å². The van der Waals surface area contributed by atoms with Crippen LogP contribution in [0.15, 0.2) is 30.6 Å². The molecule has 0 saturated carbocycles. The molecule has 1 fully saturated rings. The van der Waals surface area contributed by atoms with Crippen molar-refractivity contribution < 1.29 is 19.0 Å². The van der Waals surface area contributed by atoms with Gasteiger partial charge in [0, 0.05) is 24.5 Å². The summed E-state index contributed by atoms with van der Waals surface area (Å²) in [6.07, 6.45) is 4.92. The number of rotatable bonds is 7. The molecule has 1 aromatic heterocycles. The number of nitrogens with one attached hydrogen (secondary N) is 2. The Kier molecular flexibility index (Phi) is 7.53. The summed E-state index contributed by atoms with van der Waals surface area (Å²) in [5, 5.41) is 10.7. The molecule has 2 heterocycles. The third kappa shape index (κ3) is 4.02. The predicted molar refractivity (Wildman–Crippen MR) is 107 cm³/mol. The van der Waals surface area contributed by atoms with Gasteiger partial charge >= 0.3 is 0 Å². The van der Waals surface area contributed by atoms with Crippen LogP contribution in [-0.2, 0) is 16.9 Å². The van der Waals surface area contributed by atoms with E-state index in [4.69, 9.17) is 14.2 Å². The van der Waals surface area contributed by atoms with Crippen molar-refractivity contribution in [1.82, 2.24) is 20.4 Å². The van der Waals surface area contributed by atoms with Gasteiger partial charge in [0.05, 0.1) is 21.3 Å². The van der Waals surface area contributed by atoms with Crippen molar-refractivity contribution in [1.29, 1.82) is 0 Å². The highest BCUT2D eigenvalue weighted by molar-refractivity contribution is 5.85. The Morgan fingerprint density at radius 1 is 1.18 bits per heavy atom. The lowest BCUT2D eigenvalue weighted by Gasteiger charge is -2.36. The van der Waals surface area contributed by atoms with Crippen LogP contribution in [0.4, 0.5) is 0 Å². The first kappa shape index (κ1) is 21.8. The molecular weight excluding hydrogens is 384 g/mol. The molecule has 1 aromatic carbocycles. The number of nitrogens with zero attached hydrogens (tertiary/aromatic N) is 2. The third-order valence-corrected chi connectivity index (χ3v) is 5.02. The third-order valence-electron chi connectivity index (χ3n) is 5.02. The number of methoxy groups -OCH3 is 3. The van der Waals surface area contributed by atoms with Crippen LogP contribution in [-0.4, -0.2) is 50.1 Å². The zero-order valence-corrected chi connectivity index (χ0v) is 17.2. The summed E-state index contributed by atoms with van der Waals surface area (Å²) < 4.78 is 18.0. The number of ether oxygens (including phenoxy) is 3. The van der Waals surface area contributed by atoms with E-state index in [1.54, 1.807) is 38.3 Å². The molecular formula is C19H27ClN4O4. The quantitative estimate of drug-likeness (QED) is 0.722. The molecule has 0 atom stereocenters. The van der Waals surface area contributed by atoms with Crippen LogP contribution >= 0.6 is 12.4 Å². The largest absolute Gasteiger partial charge is 0.493 e. The number of benzene rings is 1. The number of hydrogen-bond acceptors (Lipinski definition) is 6. The van der Waals surface area contributed by atoms with Crippen LogP contribution in [0.3, 0.4) is 0 Å². The van der Waals surface area contributed by atoms with E-state index in [-0.39, 0.29) is 18.3 Å². The second-order valence-corrected chi connectivity index (χ2v) is 6.41. The van der Waals surface area contributed by atoms with E-state index in [1.165, 1.54) is 0 Å². The van der Waals surface area contributed by atoms with Gasteiger partial charge in [0.25, 0.3) is 0 Å². The van der Waals surface area contributed by atoms with Crippen molar-refractivity contribution >= 4 is 18.3 Å². The highest BCUT2D eigenvalue weighted by Gasteiger charge is 2.41. The van der Waals surface area contributed by atoms with Crippen LogP contribution in [0.1, 0.15) is 18.4 Å². The van der Waals surface area contributed by atoms with Crippen LogP contribution < -0.4 is 24.8 Å². The van der Waals surface area contributed by atoms with Crippen molar-refractivity contribution in [3.63, 3.8) is 0 Å². The van der Waals surface area contributed by atoms with E-state index >= 15 is 0 Å². The minimum absolute atomic E-state index is 0. The van der Waals surface area contributed by atoms with Gasteiger partial charge in [-0.15, -0.1) is 12.4 Å². The smallest absolute Gasteiger partial charge is 0.248 e. The molecule has 0 radical (unpaired) electrons. The molecule has 9 heteroatoms. The maximum atomic E-state index is 13.2. The Hall–Kier alpha value is -2.45. The first-order valence-electron chi connectivity index (χ1n) is 8.93. The van der Waals surface area contributed by atoms with Gasteiger partial charge in [-0.25, -0.2) is 0 Å². The molecule has 0 aliphatic carbocycles. The van der Waals surface area contributed by atoms with Gasteiger partial charge in [0.2, 0.25) is 11.7 Å². The number of carbonyl (C=O) groups excluding carboxylic acids is 1. The van der Waals surface area contributed by atoms with E-state index in [0.29, 0.717) is 36.6 Å².